The molecule has 0 spiro atoms. The zero-order valence-electron chi connectivity index (χ0n) is 10.9. The second-order valence-electron chi connectivity index (χ2n) is 4.74. The molecule has 2 heteroatoms. The van der Waals surface area contributed by atoms with Crippen LogP contribution in [0.25, 0.3) is 0 Å². The van der Waals surface area contributed by atoms with E-state index in [0.717, 1.165) is 19.4 Å². The molecule has 0 fully saturated rings. The van der Waals surface area contributed by atoms with Crippen LogP contribution in [-0.4, -0.2) is 5.54 Å². The van der Waals surface area contributed by atoms with Crippen LogP contribution in [0.3, 0.4) is 0 Å². The monoisotopic (exact) mass is 230 g/mol. The Hall–Kier alpha value is -1.33. The number of hydrogen-bond donors (Lipinski definition) is 1. The lowest BCUT2D eigenvalue weighted by Crippen LogP contribution is -2.40. The van der Waals surface area contributed by atoms with Crippen molar-refractivity contribution in [2.24, 2.45) is 0 Å². The summed E-state index contributed by atoms with van der Waals surface area (Å²) in [6.07, 6.45) is 4.43. The minimum atomic E-state index is -0.398. The van der Waals surface area contributed by atoms with Crippen molar-refractivity contribution < 1.29 is 0 Å². The Morgan fingerprint density at radius 3 is 2.53 bits per heavy atom. The fourth-order valence-corrected chi connectivity index (χ4v) is 1.81. The normalized spacial score (nSPS) is 13.9. The molecule has 1 N–H and O–H groups in total. The highest BCUT2D eigenvalue weighted by molar-refractivity contribution is 5.15. The van der Waals surface area contributed by atoms with E-state index in [9.17, 15) is 5.26 Å². The number of nitrogens with zero attached hydrogens (tertiary/aromatic N) is 1. The van der Waals surface area contributed by atoms with Crippen LogP contribution < -0.4 is 5.32 Å². The van der Waals surface area contributed by atoms with Gasteiger partial charge in [-0.25, -0.2) is 0 Å². The van der Waals surface area contributed by atoms with Gasteiger partial charge in [0.1, 0.15) is 5.54 Å². The molecule has 2 nitrogen and oxygen atoms in total. The summed E-state index contributed by atoms with van der Waals surface area (Å²) >= 11 is 0. The van der Waals surface area contributed by atoms with Crippen molar-refractivity contribution in [3.05, 3.63) is 35.9 Å². The maximum atomic E-state index is 9.25. The Labute approximate surface area is 105 Å². The first-order valence-electron chi connectivity index (χ1n) is 6.40. The largest absolute Gasteiger partial charge is 0.296 e. The van der Waals surface area contributed by atoms with Crippen LogP contribution in [0.5, 0.6) is 0 Å². The van der Waals surface area contributed by atoms with Crippen molar-refractivity contribution in [1.82, 2.24) is 5.32 Å². The maximum absolute atomic E-state index is 9.25. The standard InChI is InChI=1S/C15H22N2/c1-3-4-8-11-15(2,13-16)17-12-14-9-6-5-7-10-14/h5-7,9-10,17H,3-4,8,11-12H2,1-2H3. The first-order valence-corrected chi connectivity index (χ1v) is 6.40. The van der Waals surface area contributed by atoms with E-state index in [2.05, 4.69) is 30.4 Å². The molecule has 0 aliphatic carbocycles. The summed E-state index contributed by atoms with van der Waals surface area (Å²) in [6, 6.07) is 12.6. The second kappa shape index (κ2) is 7.09. The molecule has 1 atom stereocenters. The highest BCUT2D eigenvalue weighted by atomic mass is 15.0. The smallest absolute Gasteiger partial charge is 0.104 e. The number of nitriles is 1. The molecule has 1 aromatic carbocycles. The lowest BCUT2D eigenvalue weighted by Gasteiger charge is -2.23. The quantitative estimate of drug-likeness (QED) is 0.726. The van der Waals surface area contributed by atoms with E-state index in [-0.39, 0.29) is 0 Å². The maximum Gasteiger partial charge on any atom is 0.104 e. The average molecular weight is 230 g/mol. The van der Waals surface area contributed by atoms with Crippen LogP contribution in [0, 0.1) is 11.3 Å². The van der Waals surface area contributed by atoms with Gasteiger partial charge in [0.15, 0.2) is 0 Å². The van der Waals surface area contributed by atoms with Gasteiger partial charge in [-0.1, -0.05) is 56.5 Å². The Balaban J connectivity index is 2.44. The molecule has 17 heavy (non-hydrogen) atoms. The van der Waals surface area contributed by atoms with Crippen LogP contribution in [0.1, 0.15) is 45.1 Å². The highest BCUT2D eigenvalue weighted by Crippen LogP contribution is 2.14. The Bertz CT molecular complexity index is 353. The van der Waals surface area contributed by atoms with Gasteiger partial charge in [-0.2, -0.15) is 5.26 Å². The molecule has 0 saturated heterocycles. The van der Waals surface area contributed by atoms with Gasteiger partial charge in [-0.15, -0.1) is 0 Å². The molecule has 92 valence electrons. The molecule has 0 aromatic heterocycles. The van der Waals surface area contributed by atoms with Crippen LogP contribution in [0.2, 0.25) is 0 Å². The molecule has 1 aromatic rings. The Morgan fingerprint density at radius 2 is 1.94 bits per heavy atom. The topological polar surface area (TPSA) is 35.8 Å². The van der Waals surface area contributed by atoms with Gasteiger partial charge < -0.3 is 0 Å². The summed E-state index contributed by atoms with van der Waals surface area (Å²) in [5.74, 6) is 0. The van der Waals surface area contributed by atoms with Crippen LogP contribution >= 0.6 is 0 Å². The lowest BCUT2D eigenvalue weighted by molar-refractivity contribution is 0.399. The summed E-state index contributed by atoms with van der Waals surface area (Å²) in [5.41, 5.74) is 0.829. The molecule has 0 bridgehead atoms. The molecule has 1 unspecified atom stereocenters. The van der Waals surface area contributed by atoms with E-state index in [1.54, 1.807) is 0 Å². The van der Waals surface area contributed by atoms with Crippen LogP contribution in [-0.2, 0) is 6.54 Å². The molecule has 0 heterocycles. The molecule has 1 rings (SSSR count). The molecular weight excluding hydrogens is 208 g/mol. The number of hydrogen-bond acceptors (Lipinski definition) is 2. The zero-order chi connectivity index (χ0) is 12.6. The Morgan fingerprint density at radius 1 is 1.24 bits per heavy atom. The summed E-state index contributed by atoms with van der Waals surface area (Å²) < 4.78 is 0. The van der Waals surface area contributed by atoms with Crippen LogP contribution in [0.15, 0.2) is 30.3 Å². The van der Waals surface area contributed by atoms with E-state index in [4.69, 9.17) is 0 Å². The van der Waals surface area contributed by atoms with Crippen molar-refractivity contribution in [2.75, 3.05) is 0 Å². The van der Waals surface area contributed by atoms with E-state index in [0.29, 0.717) is 0 Å². The molecule has 0 amide bonds. The average Bonchev–Trinajstić information content (AvgIpc) is 2.38. The fourth-order valence-electron chi connectivity index (χ4n) is 1.81. The van der Waals surface area contributed by atoms with Gasteiger partial charge in [-0.05, 0) is 18.9 Å². The first-order chi connectivity index (χ1) is 8.20. The van der Waals surface area contributed by atoms with Crippen molar-refractivity contribution in [3.63, 3.8) is 0 Å². The predicted molar refractivity (Wildman–Crippen MR) is 71.4 cm³/mol. The number of rotatable bonds is 7. The van der Waals surface area contributed by atoms with Crippen molar-refractivity contribution in [3.8, 4) is 6.07 Å². The summed E-state index contributed by atoms with van der Waals surface area (Å²) in [6.45, 7) is 4.93. The third kappa shape index (κ3) is 5.01. The SMILES string of the molecule is CCCCCC(C)(C#N)NCc1ccccc1. The second-order valence-corrected chi connectivity index (χ2v) is 4.74. The zero-order valence-corrected chi connectivity index (χ0v) is 10.9. The van der Waals surface area contributed by atoms with Gasteiger partial charge in [-0.3, -0.25) is 5.32 Å². The van der Waals surface area contributed by atoms with E-state index >= 15 is 0 Å². The minimum absolute atomic E-state index is 0.398. The van der Waals surface area contributed by atoms with Gasteiger partial charge >= 0.3 is 0 Å². The molecular formula is C15H22N2. The van der Waals surface area contributed by atoms with Gasteiger partial charge in [0.2, 0.25) is 0 Å². The highest BCUT2D eigenvalue weighted by Gasteiger charge is 2.21. The lowest BCUT2D eigenvalue weighted by atomic mass is 9.95. The van der Waals surface area contributed by atoms with Crippen molar-refractivity contribution in [1.29, 1.82) is 5.26 Å². The van der Waals surface area contributed by atoms with Crippen molar-refractivity contribution in [2.45, 2.75) is 51.6 Å². The summed E-state index contributed by atoms with van der Waals surface area (Å²) in [7, 11) is 0. The fraction of sp³-hybridized carbons (Fsp3) is 0.533. The van der Waals surface area contributed by atoms with Gasteiger partial charge in [0, 0.05) is 6.54 Å². The number of unbranched alkanes of at least 4 members (excludes halogenated alkanes) is 2. The van der Waals surface area contributed by atoms with Gasteiger partial charge in [0.25, 0.3) is 0 Å². The number of benzene rings is 1. The van der Waals surface area contributed by atoms with E-state index in [1.807, 2.05) is 25.1 Å². The van der Waals surface area contributed by atoms with E-state index < -0.39 is 5.54 Å². The Kier molecular flexibility index (Phi) is 5.72. The summed E-state index contributed by atoms with van der Waals surface area (Å²) in [5, 5.41) is 12.6. The third-order valence-electron chi connectivity index (χ3n) is 3.05. The van der Waals surface area contributed by atoms with Crippen LogP contribution in [0.4, 0.5) is 0 Å². The first kappa shape index (κ1) is 13.7. The van der Waals surface area contributed by atoms with Crippen molar-refractivity contribution >= 4 is 0 Å². The summed E-state index contributed by atoms with van der Waals surface area (Å²) in [4.78, 5) is 0. The third-order valence-corrected chi connectivity index (χ3v) is 3.05. The van der Waals surface area contributed by atoms with Gasteiger partial charge in [0.05, 0.1) is 6.07 Å². The minimum Gasteiger partial charge on any atom is -0.296 e. The molecule has 0 aliphatic heterocycles. The number of nitrogens with one attached hydrogen (secondary N) is 1. The molecule has 0 radical (unpaired) electrons. The molecule has 0 saturated carbocycles. The van der Waals surface area contributed by atoms with E-state index in [1.165, 1.54) is 18.4 Å². The predicted octanol–water partition coefficient (Wildman–Crippen LogP) is 3.64. The molecule has 0 aliphatic rings.